The molecule has 0 spiro atoms. The number of nitrogens with zero attached hydrogens (tertiary/aromatic N) is 2. The molecule has 0 unspecified atom stereocenters. The second kappa shape index (κ2) is 7.09. The van der Waals surface area contributed by atoms with Crippen LogP contribution in [0, 0.1) is 13.8 Å². The third kappa shape index (κ3) is 3.80. The Morgan fingerprint density at radius 2 is 2.04 bits per heavy atom. The zero-order chi connectivity index (χ0) is 17.8. The second-order valence-electron chi connectivity index (χ2n) is 5.73. The molecule has 0 aliphatic heterocycles. The molecule has 0 aliphatic rings. The number of nitrogens with one attached hydrogen (secondary N) is 1. The number of carbonyl (C=O) groups is 1. The highest BCUT2D eigenvalue weighted by atomic mass is 16.4. The summed E-state index contributed by atoms with van der Waals surface area (Å²) in [6, 6.07) is 12.1. The summed E-state index contributed by atoms with van der Waals surface area (Å²) < 4.78 is 7.57. The van der Waals surface area contributed by atoms with Gasteiger partial charge in [-0.15, -0.1) is 0 Å². The molecule has 3 rings (SSSR count). The third-order valence-corrected chi connectivity index (χ3v) is 4.02. The fourth-order valence-electron chi connectivity index (χ4n) is 2.62. The molecule has 0 bridgehead atoms. The highest BCUT2D eigenvalue weighted by Gasteiger charge is 2.09. The number of rotatable bonds is 6. The van der Waals surface area contributed by atoms with Crippen LogP contribution < -0.4 is 10.5 Å². The normalized spacial score (nSPS) is 11.1. The molecule has 25 heavy (non-hydrogen) atoms. The van der Waals surface area contributed by atoms with Gasteiger partial charge in [0.1, 0.15) is 5.76 Å². The minimum absolute atomic E-state index is 0.135. The van der Waals surface area contributed by atoms with Crippen LogP contribution in [0.5, 0.6) is 0 Å². The van der Waals surface area contributed by atoms with Gasteiger partial charge < -0.3 is 18.9 Å². The monoisotopic (exact) mass is 336 g/mol. The molecule has 1 N–H and O–H groups in total. The van der Waals surface area contributed by atoms with Gasteiger partial charge in [0, 0.05) is 17.0 Å². The second-order valence-corrected chi connectivity index (χ2v) is 5.73. The molecule has 2 aromatic heterocycles. The Morgan fingerprint density at radius 1 is 1.28 bits per heavy atom. The SMILES string of the molecule is Cc1cc(/C=N\Nc2ccc(C(=O)[O-])cc2)c(C)n1Cc1ccco1. The number of hydrogen-bond donors (Lipinski definition) is 1. The Morgan fingerprint density at radius 3 is 2.68 bits per heavy atom. The molecule has 1 aromatic carbocycles. The fraction of sp³-hybridized carbons (Fsp3) is 0.158. The molecule has 3 aromatic rings. The van der Waals surface area contributed by atoms with E-state index in [0.717, 1.165) is 22.7 Å². The summed E-state index contributed by atoms with van der Waals surface area (Å²) in [5.41, 5.74) is 6.94. The van der Waals surface area contributed by atoms with Crippen LogP contribution >= 0.6 is 0 Å². The van der Waals surface area contributed by atoms with Crippen molar-refractivity contribution in [3.05, 3.63) is 77.0 Å². The van der Waals surface area contributed by atoms with E-state index < -0.39 is 5.97 Å². The first-order valence-corrected chi connectivity index (χ1v) is 7.84. The topological polar surface area (TPSA) is 82.6 Å². The van der Waals surface area contributed by atoms with Gasteiger partial charge in [0.25, 0.3) is 0 Å². The zero-order valence-electron chi connectivity index (χ0n) is 14.0. The smallest absolute Gasteiger partial charge is 0.123 e. The van der Waals surface area contributed by atoms with Crippen LogP contribution in [-0.4, -0.2) is 16.8 Å². The summed E-state index contributed by atoms with van der Waals surface area (Å²) in [6.45, 7) is 4.75. The van der Waals surface area contributed by atoms with Crippen molar-refractivity contribution in [1.29, 1.82) is 0 Å². The quantitative estimate of drug-likeness (QED) is 0.554. The number of furan rings is 1. The Kier molecular flexibility index (Phi) is 4.70. The van der Waals surface area contributed by atoms with E-state index in [1.54, 1.807) is 24.6 Å². The molecule has 0 aliphatic carbocycles. The van der Waals surface area contributed by atoms with E-state index in [1.807, 2.05) is 26.0 Å². The summed E-state index contributed by atoms with van der Waals surface area (Å²) in [5.74, 6) is -0.296. The number of hydrogen-bond acceptors (Lipinski definition) is 5. The molecule has 0 saturated carbocycles. The molecular weight excluding hydrogens is 318 g/mol. The number of aryl methyl sites for hydroxylation is 1. The third-order valence-electron chi connectivity index (χ3n) is 4.02. The number of aromatic nitrogens is 1. The van der Waals surface area contributed by atoms with Crippen molar-refractivity contribution in [1.82, 2.24) is 4.57 Å². The van der Waals surface area contributed by atoms with Gasteiger partial charge in [0.05, 0.1) is 30.7 Å². The Balaban J connectivity index is 1.70. The van der Waals surface area contributed by atoms with E-state index >= 15 is 0 Å². The fourth-order valence-corrected chi connectivity index (χ4v) is 2.62. The van der Waals surface area contributed by atoms with Crippen molar-refractivity contribution in [2.45, 2.75) is 20.4 Å². The average Bonchev–Trinajstić information content (AvgIpc) is 3.20. The van der Waals surface area contributed by atoms with Crippen LogP contribution in [0.1, 0.15) is 33.1 Å². The van der Waals surface area contributed by atoms with Gasteiger partial charge in [0.2, 0.25) is 0 Å². The molecule has 2 heterocycles. The molecular formula is C19H18N3O3-. The highest BCUT2D eigenvalue weighted by Crippen LogP contribution is 2.16. The summed E-state index contributed by atoms with van der Waals surface area (Å²) in [4.78, 5) is 10.7. The van der Waals surface area contributed by atoms with E-state index in [0.29, 0.717) is 12.2 Å². The van der Waals surface area contributed by atoms with Gasteiger partial charge in [-0.25, -0.2) is 0 Å². The maximum Gasteiger partial charge on any atom is 0.123 e. The molecule has 6 nitrogen and oxygen atoms in total. The molecule has 0 fully saturated rings. The standard InChI is InChI=1S/C19H19N3O3/c1-13-10-16(14(2)22(13)12-18-4-3-9-25-18)11-20-21-17-7-5-15(6-8-17)19(23)24/h3-11,21H,12H2,1-2H3,(H,23,24)/p-1/b20-11-. The van der Waals surface area contributed by atoms with Crippen molar-refractivity contribution in [2.75, 3.05) is 5.43 Å². The molecule has 128 valence electrons. The average molecular weight is 336 g/mol. The summed E-state index contributed by atoms with van der Waals surface area (Å²) in [7, 11) is 0. The van der Waals surface area contributed by atoms with Gasteiger partial charge in [-0.05, 0) is 49.7 Å². The van der Waals surface area contributed by atoms with Gasteiger partial charge in [0.15, 0.2) is 0 Å². The van der Waals surface area contributed by atoms with Crippen LogP contribution in [0.2, 0.25) is 0 Å². The number of carboxylic acids is 1. The van der Waals surface area contributed by atoms with E-state index in [1.165, 1.54) is 12.1 Å². The molecule has 0 atom stereocenters. The van der Waals surface area contributed by atoms with Crippen molar-refractivity contribution >= 4 is 17.9 Å². The molecule has 0 saturated heterocycles. The summed E-state index contributed by atoms with van der Waals surface area (Å²) >= 11 is 0. The number of carboxylic acid groups (broad SMARTS) is 1. The van der Waals surface area contributed by atoms with E-state index in [2.05, 4.69) is 21.2 Å². The van der Waals surface area contributed by atoms with Crippen molar-refractivity contribution in [3.63, 3.8) is 0 Å². The van der Waals surface area contributed by atoms with Crippen LogP contribution in [0.25, 0.3) is 0 Å². The van der Waals surface area contributed by atoms with Crippen LogP contribution in [0.15, 0.2) is 58.2 Å². The minimum atomic E-state index is -1.20. The van der Waals surface area contributed by atoms with Gasteiger partial charge in [-0.2, -0.15) is 5.10 Å². The van der Waals surface area contributed by atoms with Gasteiger partial charge in [-0.1, -0.05) is 12.1 Å². The number of aromatic carboxylic acids is 1. The lowest BCUT2D eigenvalue weighted by molar-refractivity contribution is -0.255. The minimum Gasteiger partial charge on any atom is -0.545 e. The lowest BCUT2D eigenvalue weighted by Gasteiger charge is -2.07. The predicted molar refractivity (Wildman–Crippen MR) is 93.7 cm³/mol. The molecule has 6 heteroatoms. The van der Waals surface area contributed by atoms with Crippen LogP contribution in [-0.2, 0) is 6.54 Å². The van der Waals surface area contributed by atoms with Gasteiger partial charge in [-0.3, -0.25) is 5.43 Å². The first-order valence-electron chi connectivity index (χ1n) is 7.84. The van der Waals surface area contributed by atoms with Gasteiger partial charge >= 0.3 is 0 Å². The number of hydrazone groups is 1. The predicted octanol–water partition coefficient (Wildman–Crippen LogP) is 2.56. The van der Waals surface area contributed by atoms with Crippen LogP contribution in [0.4, 0.5) is 5.69 Å². The number of carbonyl (C=O) groups excluding carboxylic acids is 1. The van der Waals surface area contributed by atoms with E-state index in [-0.39, 0.29) is 5.56 Å². The van der Waals surface area contributed by atoms with Crippen molar-refractivity contribution in [2.24, 2.45) is 5.10 Å². The van der Waals surface area contributed by atoms with Crippen LogP contribution in [0.3, 0.4) is 0 Å². The molecule has 0 radical (unpaired) electrons. The lowest BCUT2D eigenvalue weighted by Crippen LogP contribution is -2.21. The van der Waals surface area contributed by atoms with Crippen molar-refractivity contribution < 1.29 is 14.3 Å². The number of anilines is 1. The Hall–Kier alpha value is -3.28. The number of benzene rings is 1. The summed E-state index contributed by atoms with van der Waals surface area (Å²) in [5, 5.41) is 15.0. The molecule has 0 amide bonds. The highest BCUT2D eigenvalue weighted by molar-refractivity contribution is 5.86. The zero-order valence-corrected chi connectivity index (χ0v) is 14.0. The first kappa shape index (κ1) is 16.6. The van der Waals surface area contributed by atoms with Crippen molar-refractivity contribution in [3.8, 4) is 0 Å². The summed E-state index contributed by atoms with van der Waals surface area (Å²) in [6.07, 6.45) is 3.41. The maximum absolute atomic E-state index is 10.7. The largest absolute Gasteiger partial charge is 0.545 e. The first-order chi connectivity index (χ1) is 12.0. The lowest BCUT2D eigenvalue weighted by atomic mass is 10.2. The van der Waals surface area contributed by atoms with E-state index in [9.17, 15) is 9.90 Å². The maximum atomic E-state index is 10.7. The van der Waals surface area contributed by atoms with E-state index in [4.69, 9.17) is 4.42 Å². The Labute approximate surface area is 145 Å². The Bertz CT molecular complexity index is 891.